The van der Waals surface area contributed by atoms with E-state index in [1.807, 2.05) is 19.1 Å². The van der Waals surface area contributed by atoms with Crippen molar-refractivity contribution in [2.45, 2.75) is 27.2 Å². The average Bonchev–Trinajstić information content (AvgIpc) is 2.80. The van der Waals surface area contributed by atoms with Crippen molar-refractivity contribution >= 4 is 28.1 Å². The zero-order valence-corrected chi connectivity index (χ0v) is 12.7. The second kappa shape index (κ2) is 6.52. The number of benzene rings is 1. The summed E-state index contributed by atoms with van der Waals surface area (Å²) >= 11 is 1.45. The number of anilines is 2. The van der Waals surface area contributed by atoms with Gasteiger partial charge in [-0.25, -0.2) is 9.78 Å². The van der Waals surface area contributed by atoms with Gasteiger partial charge in [0.25, 0.3) is 0 Å². The van der Waals surface area contributed by atoms with Crippen LogP contribution in [-0.4, -0.2) is 17.6 Å². The zero-order valence-electron chi connectivity index (χ0n) is 11.9. The minimum absolute atomic E-state index is 0.358. The Bertz CT molecular complexity index is 608. The second-order valence-electron chi connectivity index (χ2n) is 4.32. The molecular formula is C15H18N2O2S. The minimum Gasteiger partial charge on any atom is -0.461 e. The summed E-state index contributed by atoms with van der Waals surface area (Å²) in [6.45, 7) is 6.13. The fraction of sp³-hybridized carbons (Fsp3) is 0.333. The highest BCUT2D eigenvalue weighted by atomic mass is 32.1. The van der Waals surface area contributed by atoms with E-state index in [0.717, 1.165) is 17.0 Å². The summed E-state index contributed by atoms with van der Waals surface area (Å²) in [4.78, 5) is 16.9. The first-order valence-corrected chi connectivity index (χ1v) is 7.46. The van der Waals surface area contributed by atoms with Gasteiger partial charge in [-0.1, -0.05) is 19.1 Å². The maximum Gasteiger partial charge on any atom is 0.358 e. The van der Waals surface area contributed by atoms with Crippen molar-refractivity contribution in [3.63, 3.8) is 0 Å². The largest absolute Gasteiger partial charge is 0.461 e. The van der Waals surface area contributed by atoms with Crippen LogP contribution in [0.2, 0.25) is 0 Å². The molecule has 0 bridgehead atoms. The SMILES string of the molecule is CCOC(=O)c1nc(Nc2cccc(CC)c2)sc1C. The molecule has 0 atom stereocenters. The number of nitrogens with zero attached hydrogens (tertiary/aromatic N) is 1. The van der Waals surface area contributed by atoms with Gasteiger partial charge in [0.05, 0.1) is 6.61 Å². The lowest BCUT2D eigenvalue weighted by Crippen LogP contribution is -2.06. The van der Waals surface area contributed by atoms with E-state index in [2.05, 4.69) is 29.4 Å². The summed E-state index contributed by atoms with van der Waals surface area (Å²) in [6, 6.07) is 8.16. The molecule has 2 rings (SSSR count). The Morgan fingerprint density at radius 3 is 2.90 bits per heavy atom. The number of nitrogens with one attached hydrogen (secondary N) is 1. The monoisotopic (exact) mass is 290 g/mol. The number of carbonyl (C=O) groups is 1. The molecule has 4 nitrogen and oxygen atoms in total. The van der Waals surface area contributed by atoms with Crippen LogP contribution in [0.5, 0.6) is 0 Å². The highest BCUT2D eigenvalue weighted by Gasteiger charge is 2.16. The zero-order chi connectivity index (χ0) is 14.5. The van der Waals surface area contributed by atoms with E-state index >= 15 is 0 Å². The van der Waals surface area contributed by atoms with Crippen LogP contribution in [0.25, 0.3) is 0 Å². The summed E-state index contributed by atoms with van der Waals surface area (Å²) in [5, 5.41) is 3.94. The number of aryl methyl sites for hydroxylation is 2. The molecule has 1 heterocycles. The first-order valence-electron chi connectivity index (χ1n) is 6.64. The number of carbonyl (C=O) groups excluding carboxylic acids is 1. The molecule has 0 aliphatic rings. The Hall–Kier alpha value is -1.88. The van der Waals surface area contributed by atoms with Crippen LogP contribution in [0.1, 0.15) is 34.8 Å². The van der Waals surface area contributed by atoms with Gasteiger partial charge in [-0.05, 0) is 38.0 Å². The molecule has 0 aliphatic carbocycles. The van der Waals surface area contributed by atoms with Crippen LogP contribution in [-0.2, 0) is 11.2 Å². The first kappa shape index (κ1) is 14.5. The van der Waals surface area contributed by atoms with Crippen molar-refractivity contribution in [1.29, 1.82) is 0 Å². The molecule has 0 amide bonds. The standard InChI is InChI=1S/C15H18N2O2S/c1-4-11-7-6-8-12(9-11)16-15-17-13(10(3)20-15)14(18)19-5-2/h6-9H,4-5H2,1-3H3,(H,16,17). The maximum atomic E-state index is 11.7. The van der Waals surface area contributed by atoms with Gasteiger partial charge in [-0.15, -0.1) is 11.3 Å². The Morgan fingerprint density at radius 2 is 2.20 bits per heavy atom. The third-order valence-electron chi connectivity index (χ3n) is 2.85. The van der Waals surface area contributed by atoms with Crippen LogP contribution in [0.15, 0.2) is 24.3 Å². The highest BCUT2D eigenvalue weighted by molar-refractivity contribution is 7.15. The molecule has 20 heavy (non-hydrogen) atoms. The number of hydrogen-bond acceptors (Lipinski definition) is 5. The lowest BCUT2D eigenvalue weighted by Gasteiger charge is -2.04. The molecular weight excluding hydrogens is 272 g/mol. The van der Waals surface area contributed by atoms with Gasteiger partial charge >= 0.3 is 5.97 Å². The van der Waals surface area contributed by atoms with Crippen molar-refractivity contribution in [2.24, 2.45) is 0 Å². The molecule has 1 aromatic carbocycles. The van der Waals surface area contributed by atoms with E-state index in [1.165, 1.54) is 16.9 Å². The fourth-order valence-corrected chi connectivity index (χ4v) is 2.65. The van der Waals surface area contributed by atoms with Gasteiger partial charge in [0.2, 0.25) is 0 Å². The molecule has 5 heteroatoms. The second-order valence-corrected chi connectivity index (χ2v) is 5.53. The number of hydrogen-bond donors (Lipinski definition) is 1. The summed E-state index contributed by atoms with van der Waals surface area (Å²) in [5.41, 5.74) is 2.63. The van der Waals surface area contributed by atoms with Crippen LogP contribution < -0.4 is 5.32 Å². The molecule has 0 saturated heterocycles. The van der Waals surface area contributed by atoms with Crippen molar-refractivity contribution in [3.05, 3.63) is 40.4 Å². The Labute approximate surface area is 122 Å². The van der Waals surface area contributed by atoms with Crippen LogP contribution in [0.3, 0.4) is 0 Å². The maximum absolute atomic E-state index is 11.7. The van der Waals surface area contributed by atoms with Gasteiger partial charge in [0.1, 0.15) is 0 Å². The Kier molecular flexibility index (Phi) is 4.74. The third kappa shape index (κ3) is 3.36. The summed E-state index contributed by atoms with van der Waals surface area (Å²) in [7, 11) is 0. The normalized spacial score (nSPS) is 10.3. The minimum atomic E-state index is -0.364. The predicted molar refractivity (Wildman–Crippen MR) is 81.9 cm³/mol. The molecule has 0 aliphatic heterocycles. The lowest BCUT2D eigenvalue weighted by atomic mass is 10.1. The Morgan fingerprint density at radius 1 is 1.40 bits per heavy atom. The molecule has 0 saturated carbocycles. The first-order chi connectivity index (χ1) is 9.63. The van der Waals surface area contributed by atoms with Crippen LogP contribution in [0, 0.1) is 6.92 Å². The highest BCUT2D eigenvalue weighted by Crippen LogP contribution is 2.26. The van der Waals surface area contributed by atoms with Gasteiger partial charge in [0.15, 0.2) is 10.8 Å². The number of rotatable bonds is 5. The topological polar surface area (TPSA) is 51.2 Å². The molecule has 0 radical (unpaired) electrons. The molecule has 1 aromatic heterocycles. The van der Waals surface area contributed by atoms with E-state index in [9.17, 15) is 4.79 Å². The lowest BCUT2D eigenvalue weighted by molar-refractivity contribution is 0.0519. The smallest absolute Gasteiger partial charge is 0.358 e. The summed E-state index contributed by atoms with van der Waals surface area (Å²) in [6.07, 6.45) is 0.987. The van der Waals surface area contributed by atoms with E-state index < -0.39 is 0 Å². The average molecular weight is 290 g/mol. The quantitative estimate of drug-likeness (QED) is 0.848. The van der Waals surface area contributed by atoms with E-state index in [-0.39, 0.29) is 5.97 Å². The summed E-state index contributed by atoms with van der Waals surface area (Å²) < 4.78 is 4.99. The molecule has 106 valence electrons. The molecule has 0 fully saturated rings. The van der Waals surface area contributed by atoms with Gasteiger partial charge in [0, 0.05) is 10.6 Å². The molecule has 2 aromatic rings. The van der Waals surface area contributed by atoms with Gasteiger partial charge in [-0.3, -0.25) is 0 Å². The van der Waals surface area contributed by atoms with Gasteiger partial charge < -0.3 is 10.1 Å². The van der Waals surface area contributed by atoms with Gasteiger partial charge in [-0.2, -0.15) is 0 Å². The predicted octanol–water partition coefficient (Wildman–Crippen LogP) is 3.93. The van der Waals surface area contributed by atoms with E-state index in [1.54, 1.807) is 6.92 Å². The van der Waals surface area contributed by atoms with Crippen LogP contribution >= 0.6 is 11.3 Å². The van der Waals surface area contributed by atoms with E-state index in [4.69, 9.17) is 4.74 Å². The van der Waals surface area contributed by atoms with Crippen molar-refractivity contribution in [2.75, 3.05) is 11.9 Å². The Balaban J connectivity index is 2.17. The molecule has 1 N–H and O–H groups in total. The molecule has 0 spiro atoms. The van der Waals surface area contributed by atoms with Crippen molar-refractivity contribution in [3.8, 4) is 0 Å². The van der Waals surface area contributed by atoms with Crippen molar-refractivity contribution in [1.82, 2.24) is 4.98 Å². The molecule has 0 unspecified atom stereocenters. The van der Waals surface area contributed by atoms with Crippen LogP contribution in [0.4, 0.5) is 10.8 Å². The number of thiazole rings is 1. The summed E-state index contributed by atoms with van der Waals surface area (Å²) in [5.74, 6) is -0.364. The number of aromatic nitrogens is 1. The number of esters is 1. The fourth-order valence-electron chi connectivity index (χ4n) is 1.83. The van der Waals surface area contributed by atoms with E-state index in [0.29, 0.717) is 17.4 Å². The number of ether oxygens (including phenoxy) is 1. The third-order valence-corrected chi connectivity index (χ3v) is 3.74. The van der Waals surface area contributed by atoms with Crippen molar-refractivity contribution < 1.29 is 9.53 Å².